The van der Waals surface area contributed by atoms with Gasteiger partial charge in [0.1, 0.15) is 5.82 Å². The van der Waals surface area contributed by atoms with Crippen LogP contribution < -0.4 is 5.14 Å². The fraction of sp³-hybridized carbons (Fsp3) is 0.273. The molecule has 0 saturated heterocycles. The van der Waals surface area contributed by atoms with Crippen molar-refractivity contribution in [3.63, 3.8) is 0 Å². The smallest absolute Gasteiger partial charge is 0.273 e. The van der Waals surface area contributed by atoms with Crippen molar-refractivity contribution >= 4 is 10.0 Å². The number of sulfonamides is 1. The van der Waals surface area contributed by atoms with Gasteiger partial charge in [-0.2, -0.15) is 0 Å². The highest BCUT2D eigenvalue weighted by Crippen LogP contribution is 2.14. The third-order valence-electron chi connectivity index (χ3n) is 2.71. The van der Waals surface area contributed by atoms with Crippen molar-refractivity contribution in [3.05, 3.63) is 41.2 Å². The van der Waals surface area contributed by atoms with Gasteiger partial charge in [0.15, 0.2) is 11.6 Å². The molecule has 1 aromatic carbocycles. The lowest BCUT2D eigenvalue weighted by Crippen LogP contribution is -2.19. The molecule has 0 bridgehead atoms. The maximum Gasteiger partial charge on any atom is 0.273 e. The van der Waals surface area contributed by atoms with Gasteiger partial charge in [-0.15, -0.1) is 10.2 Å². The van der Waals surface area contributed by atoms with Crippen molar-refractivity contribution in [2.75, 3.05) is 0 Å². The summed E-state index contributed by atoms with van der Waals surface area (Å²) in [6.45, 7) is 1.99. The molecule has 0 aliphatic carbocycles. The minimum absolute atomic E-state index is 0.119. The first-order valence-electron chi connectivity index (χ1n) is 5.71. The molecule has 0 saturated carbocycles. The first kappa shape index (κ1) is 14.5. The number of hydrogen-bond acceptors (Lipinski definition) is 4. The minimum atomic E-state index is -3.98. The maximum absolute atomic E-state index is 13.1. The average Bonchev–Trinajstić information content (AvgIpc) is 2.76. The van der Waals surface area contributed by atoms with E-state index in [2.05, 4.69) is 10.2 Å². The van der Waals surface area contributed by atoms with Crippen molar-refractivity contribution in [2.45, 2.75) is 25.0 Å². The number of primary sulfonamides is 1. The summed E-state index contributed by atoms with van der Waals surface area (Å²) in [7, 11) is -3.98. The second kappa shape index (κ2) is 5.25. The number of aromatic nitrogens is 3. The lowest BCUT2D eigenvalue weighted by molar-refractivity contribution is 0.507. The van der Waals surface area contributed by atoms with E-state index in [1.807, 2.05) is 0 Å². The number of halogens is 2. The van der Waals surface area contributed by atoms with Gasteiger partial charge < -0.3 is 4.57 Å². The molecule has 6 nitrogen and oxygen atoms in total. The van der Waals surface area contributed by atoms with Gasteiger partial charge in [0.25, 0.3) is 15.2 Å². The SMILES string of the molecule is CCn1c(Cc2ccc(F)c(F)c2)nnc1S(N)(=O)=O. The van der Waals surface area contributed by atoms with E-state index in [0.29, 0.717) is 11.4 Å². The lowest BCUT2D eigenvalue weighted by atomic mass is 10.1. The summed E-state index contributed by atoms with van der Waals surface area (Å²) in [6, 6.07) is 3.42. The molecule has 0 aliphatic heterocycles. The summed E-state index contributed by atoms with van der Waals surface area (Å²) in [5, 5.41) is 11.9. The second-order valence-electron chi connectivity index (χ2n) is 4.11. The van der Waals surface area contributed by atoms with Crippen LogP contribution in [0.2, 0.25) is 0 Å². The highest BCUT2D eigenvalue weighted by molar-refractivity contribution is 7.89. The van der Waals surface area contributed by atoms with Gasteiger partial charge in [0.05, 0.1) is 0 Å². The van der Waals surface area contributed by atoms with E-state index in [9.17, 15) is 17.2 Å². The number of nitrogens with zero attached hydrogens (tertiary/aromatic N) is 3. The Bertz CT molecular complexity index is 743. The molecule has 1 heterocycles. The minimum Gasteiger partial charge on any atom is -0.301 e. The van der Waals surface area contributed by atoms with E-state index >= 15 is 0 Å². The van der Waals surface area contributed by atoms with Gasteiger partial charge in [0.2, 0.25) is 0 Å². The standard InChI is InChI=1S/C11H12F2N4O2S/c1-2-17-10(15-16-11(17)20(14,18)19)6-7-3-4-8(12)9(13)5-7/h3-5H,2,6H2,1H3,(H2,14,18,19). The number of hydrogen-bond donors (Lipinski definition) is 1. The van der Waals surface area contributed by atoms with Crippen molar-refractivity contribution in [2.24, 2.45) is 5.14 Å². The molecule has 0 atom stereocenters. The third kappa shape index (κ3) is 2.83. The fourth-order valence-electron chi connectivity index (χ4n) is 1.81. The summed E-state index contributed by atoms with van der Waals surface area (Å²) >= 11 is 0. The molecule has 20 heavy (non-hydrogen) atoms. The first-order chi connectivity index (χ1) is 9.32. The molecule has 0 aliphatic rings. The Morgan fingerprint density at radius 3 is 2.50 bits per heavy atom. The summed E-state index contributed by atoms with van der Waals surface area (Å²) in [5.41, 5.74) is 0.451. The summed E-state index contributed by atoms with van der Waals surface area (Å²) < 4.78 is 49.9. The van der Waals surface area contributed by atoms with Crippen LogP contribution in [0.4, 0.5) is 8.78 Å². The van der Waals surface area contributed by atoms with E-state index in [1.165, 1.54) is 10.6 Å². The number of rotatable bonds is 4. The summed E-state index contributed by atoms with van der Waals surface area (Å²) in [6.07, 6.45) is 0.119. The zero-order valence-corrected chi connectivity index (χ0v) is 11.4. The van der Waals surface area contributed by atoms with E-state index in [0.717, 1.165) is 12.1 Å². The van der Waals surface area contributed by atoms with Crippen LogP contribution in [0.25, 0.3) is 0 Å². The molecule has 0 unspecified atom stereocenters. The molecule has 2 N–H and O–H groups in total. The molecule has 2 rings (SSSR count). The summed E-state index contributed by atoms with van der Waals surface area (Å²) in [5.74, 6) is -1.62. The van der Waals surface area contributed by atoms with Crippen LogP contribution in [-0.4, -0.2) is 23.2 Å². The van der Waals surface area contributed by atoms with Crippen molar-refractivity contribution in [1.29, 1.82) is 0 Å². The van der Waals surface area contributed by atoms with Gasteiger partial charge in [0, 0.05) is 13.0 Å². The Morgan fingerprint density at radius 2 is 1.95 bits per heavy atom. The lowest BCUT2D eigenvalue weighted by Gasteiger charge is -2.06. The zero-order chi connectivity index (χ0) is 14.9. The largest absolute Gasteiger partial charge is 0.301 e. The molecule has 1 aromatic heterocycles. The normalized spacial score (nSPS) is 11.8. The van der Waals surface area contributed by atoms with Crippen molar-refractivity contribution < 1.29 is 17.2 Å². The Labute approximate surface area is 114 Å². The Kier molecular flexibility index (Phi) is 3.82. The van der Waals surface area contributed by atoms with Crippen LogP contribution in [0, 0.1) is 11.6 Å². The Morgan fingerprint density at radius 1 is 1.25 bits per heavy atom. The van der Waals surface area contributed by atoms with Crippen molar-refractivity contribution in [1.82, 2.24) is 14.8 Å². The van der Waals surface area contributed by atoms with Crippen LogP contribution >= 0.6 is 0 Å². The fourth-order valence-corrected chi connectivity index (χ4v) is 2.51. The first-order valence-corrected chi connectivity index (χ1v) is 7.26. The van der Waals surface area contributed by atoms with Crippen LogP contribution in [0.3, 0.4) is 0 Å². The van der Waals surface area contributed by atoms with Crippen molar-refractivity contribution in [3.8, 4) is 0 Å². The van der Waals surface area contributed by atoms with Gasteiger partial charge >= 0.3 is 0 Å². The molecule has 0 amide bonds. The van der Waals surface area contributed by atoms with E-state index < -0.39 is 21.7 Å². The van der Waals surface area contributed by atoms with Gasteiger partial charge in [-0.05, 0) is 24.6 Å². The molecule has 0 fully saturated rings. The van der Waals surface area contributed by atoms with Crippen LogP contribution in [0.5, 0.6) is 0 Å². The topological polar surface area (TPSA) is 90.9 Å². The second-order valence-corrected chi connectivity index (χ2v) is 5.57. The van der Waals surface area contributed by atoms with Crippen LogP contribution in [0.1, 0.15) is 18.3 Å². The van der Waals surface area contributed by atoms with E-state index in [-0.39, 0.29) is 18.1 Å². The van der Waals surface area contributed by atoms with E-state index in [1.54, 1.807) is 6.92 Å². The molecule has 0 radical (unpaired) electrons. The van der Waals surface area contributed by atoms with Gasteiger partial charge in [-0.3, -0.25) is 0 Å². The third-order valence-corrected chi connectivity index (χ3v) is 3.52. The van der Waals surface area contributed by atoms with Gasteiger partial charge in [-0.25, -0.2) is 22.3 Å². The predicted molar refractivity (Wildman–Crippen MR) is 66.2 cm³/mol. The summed E-state index contributed by atoms with van der Waals surface area (Å²) in [4.78, 5) is 0. The van der Waals surface area contributed by atoms with Crippen LogP contribution in [-0.2, 0) is 23.0 Å². The average molecular weight is 302 g/mol. The monoisotopic (exact) mass is 302 g/mol. The predicted octanol–water partition coefficient (Wildman–Crippen LogP) is 0.814. The number of nitrogens with two attached hydrogens (primary N) is 1. The highest BCUT2D eigenvalue weighted by Gasteiger charge is 2.20. The molecule has 108 valence electrons. The molecule has 9 heteroatoms. The molecular weight excluding hydrogens is 290 g/mol. The molecule has 0 spiro atoms. The quantitative estimate of drug-likeness (QED) is 0.905. The maximum atomic E-state index is 13.1. The highest BCUT2D eigenvalue weighted by atomic mass is 32.2. The molecule has 2 aromatic rings. The number of benzene rings is 1. The van der Waals surface area contributed by atoms with Crippen LogP contribution in [0.15, 0.2) is 23.4 Å². The zero-order valence-electron chi connectivity index (χ0n) is 10.5. The van der Waals surface area contributed by atoms with E-state index in [4.69, 9.17) is 5.14 Å². The van der Waals surface area contributed by atoms with Gasteiger partial charge in [-0.1, -0.05) is 6.07 Å². The Hall–Kier alpha value is -1.87. The Balaban J connectivity index is 2.39. The molecular formula is C11H12F2N4O2S.